The number of aromatic hydroxyl groups is 1. The molecule has 2 fully saturated rings. The molecule has 6 atom stereocenters. The second kappa shape index (κ2) is 10.8. The van der Waals surface area contributed by atoms with Crippen molar-refractivity contribution < 1.29 is 39.9 Å². The quantitative estimate of drug-likeness (QED) is 0.213. The van der Waals surface area contributed by atoms with Crippen molar-refractivity contribution >= 4 is 28.8 Å². The summed E-state index contributed by atoms with van der Waals surface area (Å²) in [6, 6.07) is 2.25. The zero-order valence-electron chi connectivity index (χ0n) is 24.7. The van der Waals surface area contributed by atoms with Crippen LogP contribution in [0.25, 0.3) is 5.76 Å². The van der Waals surface area contributed by atoms with Crippen LogP contribution >= 0.6 is 0 Å². The molecule has 1 aromatic rings. The summed E-state index contributed by atoms with van der Waals surface area (Å²) in [5.74, 6) is -7.95. The van der Waals surface area contributed by atoms with E-state index in [2.05, 4.69) is 17.1 Å². The van der Waals surface area contributed by atoms with Crippen molar-refractivity contribution in [2.24, 2.45) is 11.8 Å². The van der Waals surface area contributed by atoms with E-state index in [1.807, 2.05) is 0 Å². The first kappa shape index (κ1) is 30.2. The number of rotatable bonds is 6. The lowest BCUT2D eigenvalue weighted by molar-refractivity contribution is -0.169. The molecule has 0 aromatic heterocycles. The number of likely N-dealkylation sites (tertiary alicyclic amines) is 1. The fourth-order valence-electron chi connectivity index (χ4n) is 7.67. The number of hydrogen-bond acceptors (Lipinski definition) is 11. The highest BCUT2D eigenvalue weighted by molar-refractivity contribution is 6.25. The molecule has 5 rings (SSSR count). The highest BCUT2D eigenvalue weighted by atomic mass is 16.4. The van der Waals surface area contributed by atoms with Crippen molar-refractivity contribution in [2.75, 3.05) is 39.0 Å². The van der Waals surface area contributed by atoms with Crippen LogP contribution in [0.4, 0.5) is 5.69 Å². The maximum absolute atomic E-state index is 14.2. The van der Waals surface area contributed by atoms with E-state index in [4.69, 9.17) is 0 Å². The van der Waals surface area contributed by atoms with Gasteiger partial charge in [-0.3, -0.25) is 19.3 Å². The van der Waals surface area contributed by atoms with Gasteiger partial charge in [0.05, 0.1) is 29.3 Å². The summed E-state index contributed by atoms with van der Waals surface area (Å²) < 4.78 is 0. The standard InChI is InChI=1S/C31H41N3O8/c1-6-11-34-12-9-16(10-13-34)32-18-8-7-17-14(2)19-22(26(37)21(17)25(18)36)30(41)31(42)23(27(19)38)24(33(4)5)28(39)20(15(3)35)29(31)40/h7-8,14,16,19,23-24,27,32,36-38,40,42H,6,9-13H2,1-5H3/t14-,19+,23+,24-,27-,31+/m0/s1. The van der Waals surface area contributed by atoms with Gasteiger partial charge < -0.3 is 35.7 Å². The maximum atomic E-state index is 14.2. The van der Waals surface area contributed by atoms with Gasteiger partial charge in [0.2, 0.25) is 5.78 Å². The molecule has 0 amide bonds. The molecule has 11 heteroatoms. The molecule has 4 aliphatic rings. The Kier molecular flexibility index (Phi) is 7.76. The number of likely N-dealkylation sites (N-methyl/N-ethyl adjacent to an activating group) is 1. The molecule has 0 bridgehead atoms. The lowest BCUT2D eigenvalue weighted by Crippen LogP contribution is -2.70. The SMILES string of the molecule is CCCN1CCC(Nc2ccc3c(c2O)C(O)=C2C(=O)[C@]4(O)C(O)=C(C(C)=O)C(=O)[C@@H](N(C)C)[C@@H]4[C@@H](O)[C@@H]2[C@H]3C)CC1. The number of Topliss-reactive ketones (excluding diaryl/α,β-unsaturated/α-hetero) is 3. The van der Waals surface area contributed by atoms with E-state index in [1.54, 1.807) is 19.1 Å². The molecule has 0 spiro atoms. The van der Waals surface area contributed by atoms with Gasteiger partial charge >= 0.3 is 0 Å². The minimum Gasteiger partial charge on any atom is -0.508 e. The van der Waals surface area contributed by atoms with Crippen LogP contribution in [-0.4, -0.2) is 110 Å². The molecule has 1 aromatic carbocycles. The van der Waals surface area contributed by atoms with E-state index in [0.717, 1.165) is 45.8 Å². The summed E-state index contributed by atoms with van der Waals surface area (Å²) in [6.07, 6.45) is 1.25. The van der Waals surface area contributed by atoms with E-state index in [1.165, 1.54) is 19.0 Å². The van der Waals surface area contributed by atoms with Crippen LogP contribution in [0.5, 0.6) is 5.75 Å². The summed E-state index contributed by atoms with van der Waals surface area (Å²) in [4.78, 5) is 43.7. The summed E-state index contributed by atoms with van der Waals surface area (Å²) in [7, 11) is 3.03. The van der Waals surface area contributed by atoms with Crippen LogP contribution in [0.1, 0.15) is 57.1 Å². The summed E-state index contributed by atoms with van der Waals surface area (Å²) in [5.41, 5.74) is -3.03. The number of carbonyl (C=O) groups excluding carboxylic acids is 3. The Morgan fingerprint density at radius 3 is 2.36 bits per heavy atom. The van der Waals surface area contributed by atoms with E-state index in [0.29, 0.717) is 11.3 Å². The van der Waals surface area contributed by atoms with Crippen molar-refractivity contribution in [2.45, 2.75) is 69.7 Å². The van der Waals surface area contributed by atoms with Crippen molar-refractivity contribution in [3.63, 3.8) is 0 Å². The van der Waals surface area contributed by atoms with Crippen LogP contribution in [0, 0.1) is 11.8 Å². The first-order valence-corrected chi connectivity index (χ1v) is 14.7. The third kappa shape index (κ3) is 4.28. The molecule has 11 nitrogen and oxygen atoms in total. The number of aliphatic hydroxyl groups excluding tert-OH is 3. The number of aliphatic hydroxyl groups is 4. The second-order valence-electron chi connectivity index (χ2n) is 12.4. The highest BCUT2D eigenvalue weighted by Gasteiger charge is 2.68. The Hall–Kier alpha value is -3.25. The zero-order chi connectivity index (χ0) is 30.8. The number of carbonyl (C=O) groups is 3. The number of ketones is 3. The largest absolute Gasteiger partial charge is 0.508 e. The topological polar surface area (TPSA) is 171 Å². The number of phenolic OH excluding ortho intramolecular Hbond substituents is 1. The molecule has 6 N–H and O–H groups in total. The number of benzene rings is 1. The van der Waals surface area contributed by atoms with Crippen molar-refractivity contribution in [1.82, 2.24) is 9.80 Å². The van der Waals surface area contributed by atoms with Crippen LogP contribution in [0.3, 0.4) is 0 Å². The Labute approximate surface area is 245 Å². The Morgan fingerprint density at radius 1 is 1.14 bits per heavy atom. The molecule has 1 heterocycles. The number of piperidine rings is 1. The number of nitrogens with one attached hydrogen (secondary N) is 1. The second-order valence-corrected chi connectivity index (χ2v) is 12.4. The third-order valence-corrected chi connectivity index (χ3v) is 9.72. The Balaban J connectivity index is 1.60. The van der Waals surface area contributed by atoms with Gasteiger partial charge in [0.15, 0.2) is 17.2 Å². The average Bonchev–Trinajstić information content (AvgIpc) is 2.92. The van der Waals surface area contributed by atoms with E-state index < -0.39 is 69.9 Å². The minimum atomic E-state index is -2.85. The van der Waals surface area contributed by atoms with Crippen molar-refractivity contribution in [1.29, 1.82) is 0 Å². The smallest absolute Gasteiger partial charge is 0.202 e. The number of hydrogen-bond donors (Lipinski definition) is 6. The van der Waals surface area contributed by atoms with Crippen LogP contribution < -0.4 is 5.32 Å². The van der Waals surface area contributed by atoms with E-state index >= 15 is 0 Å². The van der Waals surface area contributed by atoms with Crippen LogP contribution in [0.2, 0.25) is 0 Å². The molecule has 228 valence electrons. The van der Waals surface area contributed by atoms with Gasteiger partial charge in [-0.15, -0.1) is 0 Å². The van der Waals surface area contributed by atoms with Crippen molar-refractivity contribution in [3.05, 3.63) is 40.2 Å². The first-order valence-electron chi connectivity index (χ1n) is 14.7. The van der Waals surface area contributed by atoms with Crippen LogP contribution in [0.15, 0.2) is 29.0 Å². The van der Waals surface area contributed by atoms with Crippen molar-refractivity contribution in [3.8, 4) is 5.75 Å². The van der Waals surface area contributed by atoms with Crippen LogP contribution in [-0.2, 0) is 14.4 Å². The molecule has 0 radical (unpaired) electrons. The lowest BCUT2D eigenvalue weighted by Gasteiger charge is -2.53. The summed E-state index contributed by atoms with van der Waals surface area (Å²) >= 11 is 0. The molecule has 1 aliphatic heterocycles. The number of phenols is 1. The molecular formula is C31H41N3O8. The minimum absolute atomic E-state index is 0.0103. The maximum Gasteiger partial charge on any atom is 0.202 e. The molecule has 1 saturated heterocycles. The van der Waals surface area contributed by atoms with Gasteiger partial charge in [-0.1, -0.05) is 19.9 Å². The fraction of sp³-hybridized carbons (Fsp3) is 0.581. The number of anilines is 1. The molecule has 0 unspecified atom stereocenters. The fourth-order valence-corrected chi connectivity index (χ4v) is 7.67. The number of nitrogens with zero attached hydrogens (tertiary/aromatic N) is 2. The monoisotopic (exact) mass is 583 g/mol. The average molecular weight is 584 g/mol. The molecule has 1 saturated carbocycles. The molecule has 42 heavy (non-hydrogen) atoms. The Bertz CT molecular complexity index is 1390. The van der Waals surface area contributed by atoms with Gasteiger partial charge in [-0.25, -0.2) is 0 Å². The molecular weight excluding hydrogens is 542 g/mol. The summed E-state index contributed by atoms with van der Waals surface area (Å²) in [6.45, 7) is 7.80. The van der Waals surface area contributed by atoms with Gasteiger partial charge in [-0.2, -0.15) is 0 Å². The zero-order valence-corrected chi connectivity index (χ0v) is 24.7. The predicted molar refractivity (Wildman–Crippen MR) is 155 cm³/mol. The lowest BCUT2D eigenvalue weighted by atomic mass is 9.54. The Morgan fingerprint density at radius 2 is 1.79 bits per heavy atom. The highest BCUT2D eigenvalue weighted by Crippen LogP contribution is 2.56. The summed E-state index contributed by atoms with van der Waals surface area (Å²) in [5, 5.41) is 61.0. The number of fused-ring (bicyclic) bond motifs is 3. The van der Waals surface area contributed by atoms with Gasteiger partial charge in [0.1, 0.15) is 22.8 Å². The van der Waals surface area contributed by atoms with E-state index in [9.17, 15) is 39.9 Å². The normalized spacial score (nSPS) is 32.1. The van der Waals surface area contributed by atoms with E-state index in [-0.39, 0.29) is 22.9 Å². The third-order valence-electron chi connectivity index (χ3n) is 9.72. The predicted octanol–water partition coefficient (Wildman–Crippen LogP) is 1.89. The first-order chi connectivity index (χ1) is 19.8. The van der Waals surface area contributed by atoms with Gasteiger partial charge in [0, 0.05) is 30.6 Å². The molecule has 3 aliphatic carbocycles. The van der Waals surface area contributed by atoms with Gasteiger partial charge in [-0.05, 0) is 64.4 Å². The van der Waals surface area contributed by atoms with Gasteiger partial charge in [0.25, 0.3) is 0 Å².